The molecule has 0 spiro atoms. The number of aryl methyl sites for hydroxylation is 1. The summed E-state index contributed by atoms with van der Waals surface area (Å²) >= 11 is 0. The highest BCUT2D eigenvalue weighted by Crippen LogP contribution is 2.15. The minimum Gasteiger partial charge on any atom is -0.475 e. The first-order valence-electron chi connectivity index (χ1n) is 6.51. The summed E-state index contributed by atoms with van der Waals surface area (Å²) in [6.07, 6.45) is 2.64. The zero-order chi connectivity index (χ0) is 13.0. The Morgan fingerprint density at radius 2 is 2.33 bits per heavy atom. The van der Waals surface area contributed by atoms with E-state index in [0.29, 0.717) is 11.8 Å². The Morgan fingerprint density at radius 3 is 3.00 bits per heavy atom. The van der Waals surface area contributed by atoms with Gasteiger partial charge in [-0.3, -0.25) is 0 Å². The van der Waals surface area contributed by atoms with Gasteiger partial charge >= 0.3 is 0 Å². The molecule has 1 unspecified atom stereocenters. The minimum atomic E-state index is 0.116. The first-order valence-corrected chi connectivity index (χ1v) is 6.51. The number of hydrogen-bond acceptors (Lipinski definition) is 5. The molecule has 1 saturated heterocycles. The molecular formula is C13H21N3O2. The highest BCUT2D eigenvalue weighted by Gasteiger charge is 2.15. The normalized spacial score (nSPS) is 19.2. The maximum atomic E-state index is 5.59. The average molecular weight is 251 g/mol. The van der Waals surface area contributed by atoms with Crippen LogP contribution < -0.4 is 10.1 Å². The van der Waals surface area contributed by atoms with Gasteiger partial charge in [0.05, 0.1) is 12.2 Å². The van der Waals surface area contributed by atoms with Gasteiger partial charge < -0.3 is 14.8 Å². The summed E-state index contributed by atoms with van der Waals surface area (Å²) < 4.78 is 11.1. The fraction of sp³-hybridized carbons (Fsp3) is 0.692. The Labute approximate surface area is 108 Å². The molecule has 0 radical (unpaired) electrons. The predicted molar refractivity (Wildman–Crippen MR) is 70.0 cm³/mol. The zero-order valence-electron chi connectivity index (χ0n) is 11.3. The molecule has 1 aromatic heterocycles. The van der Waals surface area contributed by atoms with Crippen molar-refractivity contribution in [2.75, 3.05) is 18.5 Å². The van der Waals surface area contributed by atoms with E-state index in [1.54, 1.807) is 0 Å². The highest BCUT2D eigenvalue weighted by atomic mass is 16.5. The first kappa shape index (κ1) is 13.1. The average Bonchev–Trinajstić information content (AvgIpc) is 2.77. The van der Waals surface area contributed by atoms with Crippen molar-refractivity contribution in [1.82, 2.24) is 9.97 Å². The van der Waals surface area contributed by atoms with E-state index in [1.165, 1.54) is 0 Å². The molecule has 5 nitrogen and oxygen atoms in total. The van der Waals surface area contributed by atoms with Crippen molar-refractivity contribution in [1.29, 1.82) is 0 Å². The van der Waals surface area contributed by atoms with Gasteiger partial charge in [-0.2, -0.15) is 4.98 Å². The van der Waals surface area contributed by atoms with E-state index < -0.39 is 0 Å². The van der Waals surface area contributed by atoms with Crippen LogP contribution in [-0.2, 0) is 4.74 Å². The van der Waals surface area contributed by atoms with E-state index in [4.69, 9.17) is 9.47 Å². The second kappa shape index (κ2) is 6.00. The van der Waals surface area contributed by atoms with E-state index in [0.717, 1.165) is 31.7 Å². The number of anilines is 1. The van der Waals surface area contributed by atoms with E-state index >= 15 is 0 Å². The van der Waals surface area contributed by atoms with Crippen LogP contribution in [0.4, 0.5) is 5.95 Å². The molecule has 1 aliphatic heterocycles. The van der Waals surface area contributed by atoms with Gasteiger partial charge in [0.2, 0.25) is 11.8 Å². The van der Waals surface area contributed by atoms with Gasteiger partial charge in [-0.05, 0) is 33.6 Å². The molecule has 0 aromatic carbocycles. The van der Waals surface area contributed by atoms with Gasteiger partial charge in [-0.25, -0.2) is 4.98 Å². The van der Waals surface area contributed by atoms with Crippen molar-refractivity contribution >= 4 is 5.95 Å². The van der Waals surface area contributed by atoms with Crippen molar-refractivity contribution in [3.8, 4) is 5.88 Å². The second-order valence-corrected chi connectivity index (χ2v) is 4.85. The number of aromatic nitrogens is 2. The van der Waals surface area contributed by atoms with Crippen molar-refractivity contribution in [2.24, 2.45) is 0 Å². The third-order valence-corrected chi connectivity index (χ3v) is 2.70. The number of ether oxygens (including phenoxy) is 2. The zero-order valence-corrected chi connectivity index (χ0v) is 11.3. The van der Waals surface area contributed by atoms with Crippen LogP contribution in [0.2, 0.25) is 0 Å². The molecule has 5 heteroatoms. The molecule has 1 atom stereocenters. The van der Waals surface area contributed by atoms with Crippen molar-refractivity contribution in [2.45, 2.75) is 45.8 Å². The lowest BCUT2D eigenvalue weighted by Crippen LogP contribution is -2.20. The minimum absolute atomic E-state index is 0.116. The highest BCUT2D eigenvalue weighted by molar-refractivity contribution is 5.30. The number of rotatable bonds is 5. The lowest BCUT2D eigenvalue weighted by atomic mass is 10.2. The molecule has 0 bridgehead atoms. The molecule has 0 aliphatic carbocycles. The molecule has 2 heterocycles. The van der Waals surface area contributed by atoms with Crippen molar-refractivity contribution in [3.05, 3.63) is 11.8 Å². The van der Waals surface area contributed by atoms with E-state index in [9.17, 15) is 0 Å². The summed E-state index contributed by atoms with van der Waals surface area (Å²) in [6.45, 7) is 7.52. The smallest absolute Gasteiger partial charge is 0.226 e. The van der Waals surface area contributed by atoms with Crippen LogP contribution in [0.1, 0.15) is 32.4 Å². The molecule has 0 saturated carbocycles. The molecule has 100 valence electrons. The van der Waals surface area contributed by atoms with Crippen LogP contribution in [0, 0.1) is 6.92 Å². The van der Waals surface area contributed by atoms with Gasteiger partial charge in [0.15, 0.2) is 0 Å². The molecule has 18 heavy (non-hydrogen) atoms. The number of hydrogen-bond donors (Lipinski definition) is 1. The molecule has 0 amide bonds. The lowest BCUT2D eigenvalue weighted by Gasteiger charge is -2.13. The Bertz CT molecular complexity index is 390. The van der Waals surface area contributed by atoms with Gasteiger partial charge in [0, 0.05) is 24.9 Å². The van der Waals surface area contributed by atoms with Crippen molar-refractivity contribution < 1.29 is 9.47 Å². The largest absolute Gasteiger partial charge is 0.475 e. The van der Waals surface area contributed by atoms with Crippen LogP contribution in [0.15, 0.2) is 6.07 Å². The van der Waals surface area contributed by atoms with Gasteiger partial charge in [0.1, 0.15) is 0 Å². The summed E-state index contributed by atoms with van der Waals surface area (Å²) in [4.78, 5) is 8.68. The Kier molecular flexibility index (Phi) is 4.36. The van der Waals surface area contributed by atoms with E-state index in [1.807, 2.05) is 26.8 Å². The van der Waals surface area contributed by atoms with Crippen LogP contribution in [0.5, 0.6) is 5.88 Å². The monoisotopic (exact) mass is 251 g/mol. The van der Waals surface area contributed by atoms with Crippen LogP contribution in [-0.4, -0.2) is 35.3 Å². The molecule has 1 N–H and O–H groups in total. The SMILES string of the molecule is Cc1cc(OC(C)C)nc(NCC2CCCO2)n1. The number of nitrogens with one attached hydrogen (secondary N) is 1. The summed E-state index contributed by atoms with van der Waals surface area (Å²) in [5, 5.41) is 3.21. The fourth-order valence-electron chi connectivity index (χ4n) is 1.93. The second-order valence-electron chi connectivity index (χ2n) is 4.85. The summed E-state index contributed by atoms with van der Waals surface area (Å²) in [5.74, 6) is 1.23. The third-order valence-electron chi connectivity index (χ3n) is 2.70. The van der Waals surface area contributed by atoms with Gasteiger partial charge in [0.25, 0.3) is 0 Å². The van der Waals surface area contributed by atoms with E-state index in [2.05, 4.69) is 15.3 Å². The van der Waals surface area contributed by atoms with Crippen LogP contribution in [0.25, 0.3) is 0 Å². The first-order chi connectivity index (χ1) is 8.63. The predicted octanol–water partition coefficient (Wildman–Crippen LogP) is 2.16. The molecule has 1 aromatic rings. The maximum absolute atomic E-state index is 5.59. The number of nitrogens with zero attached hydrogens (tertiary/aromatic N) is 2. The molecule has 2 rings (SSSR count). The Morgan fingerprint density at radius 1 is 1.50 bits per heavy atom. The molecule has 1 aliphatic rings. The Balaban J connectivity index is 1.96. The van der Waals surface area contributed by atoms with Crippen LogP contribution in [0.3, 0.4) is 0 Å². The lowest BCUT2D eigenvalue weighted by molar-refractivity contribution is 0.120. The molecular weight excluding hydrogens is 230 g/mol. The quantitative estimate of drug-likeness (QED) is 0.869. The van der Waals surface area contributed by atoms with E-state index in [-0.39, 0.29) is 12.2 Å². The summed E-state index contributed by atoms with van der Waals surface area (Å²) in [7, 11) is 0. The fourth-order valence-corrected chi connectivity index (χ4v) is 1.93. The topological polar surface area (TPSA) is 56.3 Å². The maximum Gasteiger partial charge on any atom is 0.226 e. The standard InChI is InChI=1S/C13H21N3O2/c1-9(2)18-12-7-10(3)15-13(16-12)14-8-11-5-4-6-17-11/h7,9,11H,4-6,8H2,1-3H3,(H,14,15,16). The van der Waals surface area contributed by atoms with Gasteiger partial charge in [-0.1, -0.05) is 0 Å². The van der Waals surface area contributed by atoms with Crippen LogP contribution >= 0.6 is 0 Å². The third kappa shape index (κ3) is 3.84. The summed E-state index contributed by atoms with van der Waals surface area (Å²) in [5.41, 5.74) is 0.899. The summed E-state index contributed by atoms with van der Waals surface area (Å²) in [6, 6.07) is 1.84. The van der Waals surface area contributed by atoms with Crippen molar-refractivity contribution in [3.63, 3.8) is 0 Å². The molecule has 1 fully saturated rings. The van der Waals surface area contributed by atoms with Gasteiger partial charge in [-0.15, -0.1) is 0 Å². The Hall–Kier alpha value is -1.36.